The Hall–Kier alpha value is 0.412. The summed E-state index contributed by atoms with van der Waals surface area (Å²) in [5.74, 6) is 0. The molecule has 1 fully saturated rings. The fourth-order valence-electron chi connectivity index (χ4n) is 1.85. The molecule has 0 unspecified atom stereocenters. The van der Waals surface area contributed by atoms with Gasteiger partial charge in [0.2, 0.25) is 0 Å². The van der Waals surface area contributed by atoms with Gasteiger partial charge in [0.15, 0.2) is 0 Å². The molecule has 96 valence electrons. The number of nitrogens with one attached hydrogen (secondary N) is 1. The van der Waals surface area contributed by atoms with Crippen LogP contribution in [0, 0.1) is 6.04 Å². The van der Waals surface area contributed by atoms with Gasteiger partial charge in [-0.3, -0.25) is 10.9 Å². The van der Waals surface area contributed by atoms with Gasteiger partial charge < -0.3 is 10.1 Å². The fourth-order valence-corrected chi connectivity index (χ4v) is 1.85. The molecular weight excluding hydrogens is 240 g/mol. The molecule has 0 radical (unpaired) electrons. The minimum Gasteiger partial charge on any atom is -0.466 e. The summed E-state index contributed by atoms with van der Waals surface area (Å²) in [4.78, 5) is 2.46. The SMILES string of the molecule is C[C-]1CCCOCCN(C(C)C)CCN1.[Cr]. The maximum absolute atomic E-state index is 5.61. The van der Waals surface area contributed by atoms with Gasteiger partial charge in [0.1, 0.15) is 0 Å². The molecule has 1 aliphatic heterocycles. The molecule has 3 nitrogen and oxygen atoms in total. The predicted octanol–water partition coefficient (Wildman–Crippen LogP) is 1.65. The molecule has 1 N–H and O–H groups in total. The molecule has 1 heterocycles. The van der Waals surface area contributed by atoms with Crippen LogP contribution in [0.3, 0.4) is 0 Å². The second-order valence-corrected chi connectivity index (χ2v) is 4.55. The Morgan fingerprint density at radius 1 is 1.25 bits per heavy atom. The van der Waals surface area contributed by atoms with E-state index in [4.69, 9.17) is 4.74 Å². The third-order valence-electron chi connectivity index (χ3n) is 2.92. The van der Waals surface area contributed by atoms with Crippen molar-refractivity contribution in [3.8, 4) is 0 Å². The smallest absolute Gasteiger partial charge is 0.0593 e. The zero-order chi connectivity index (χ0) is 11.1. The molecule has 0 aromatic rings. The monoisotopic (exact) mass is 265 g/mol. The minimum atomic E-state index is 0. The minimum absolute atomic E-state index is 0. The number of rotatable bonds is 1. The molecule has 0 aromatic carbocycles. The van der Waals surface area contributed by atoms with Gasteiger partial charge in [-0.1, -0.05) is 6.42 Å². The van der Waals surface area contributed by atoms with Crippen LogP contribution in [-0.2, 0) is 22.1 Å². The first-order chi connectivity index (χ1) is 7.20. The Kier molecular flexibility index (Phi) is 9.69. The van der Waals surface area contributed by atoms with Gasteiger partial charge in [-0.05, 0) is 20.4 Å². The third kappa shape index (κ3) is 6.88. The predicted molar refractivity (Wildman–Crippen MR) is 63.7 cm³/mol. The Labute approximate surface area is 111 Å². The van der Waals surface area contributed by atoms with E-state index in [1.54, 1.807) is 0 Å². The number of hydrogen-bond acceptors (Lipinski definition) is 3. The fraction of sp³-hybridized carbons (Fsp3) is 0.917. The maximum atomic E-state index is 5.61. The first-order valence-corrected chi connectivity index (χ1v) is 6.08. The maximum Gasteiger partial charge on any atom is 0.0593 e. The van der Waals surface area contributed by atoms with Crippen molar-refractivity contribution in [3.63, 3.8) is 0 Å². The summed E-state index contributed by atoms with van der Waals surface area (Å²) in [6, 6.07) is 2.00. The third-order valence-corrected chi connectivity index (χ3v) is 2.92. The molecule has 0 amide bonds. The van der Waals surface area contributed by atoms with E-state index in [1.165, 1.54) is 6.04 Å². The zero-order valence-corrected chi connectivity index (χ0v) is 12.1. The van der Waals surface area contributed by atoms with Gasteiger partial charge in [0.25, 0.3) is 0 Å². The molecule has 0 aliphatic carbocycles. The summed E-state index contributed by atoms with van der Waals surface area (Å²) < 4.78 is 5.61. The van der Waals surface area contributed by atoms with Gasteiger partial charge in [0, 0.05) is 43.1 Å². The Bertz CT molecular complexity index is 167. The normalized spacial score (nSPS) is 22.5. The van der Waals surface area contributed by atoms with E-state index in [9.17, 15) is 0 Å². The molecule has 1 rings (SSSR count). The van der Waals surface area contributed by atoms with Crippen molar-refractivity contribution >= 4 is 0 Å². The molecule has 0 atom stereocenters. The summed E-state index contributed by atoms with van der Waals surface area (Å²) >= 11 is 0. The quantitative estimate of drug-likeness (QED) is 0.730. The van der Waals surface area contributed by atoms with Crippen LogP contribution in [-0.4, -0.2) is 43.8 Å². The molecule has 0 spiro atoms. The average Bonchev–Trinajstić information content (AvgIpc) is 2.23. The summed E-state index contributed by atoms with van der Waals surface area (Å²) in [5, 5.41) is 3.48. The molecule has 4 heteroatoms. The van der Waals surface area contributed by atoms with E-state index in [0.717, 1.165) is 45.7 Å². The van der Waals surface area contributed by atoms with E-state index >= 15 is 0 Å². The molecule has 0 saturated carbocycles. The van der Waals surface area contributed by atoms with E-state index in [0.29, 0.717) is 6.04 Å². The average molecular weight is 265 g/mol. The van der Waals surface area contributed by atoms with Crippen molar-refractivity contribution < 1.29 is 22.1 Å². The van der Waals surface area contributed by atoms with Crippen molar-refractivity contribution in [1.82, 2.24) is 10.2 Å². The second kappa shape index (κ2) is 9.44. The topological polar surface area (TPSA) is 24.5 Å². The standard InChI is InChI=1S/C12H25N2O.Cr/c1-11(2)14-7-6-13-12(3)5-4-9-15-10-8-14;/h11,13H,4-10H2,1-3H3;/q-1;. The van der Waals surface area contributed by atoms with Crippen molar-refractivity contribution in [3.05, 3.63) is 6.04 Å². The van der Waals surface area contributed by atoms with Crippen LogP contribution < -0.4 is 5.32 Å². The van der Waals surface area contributed by atoms with Crippen LogP contribution in [0.2, 0.25) is 0 Å². The van der Waals surface area contributed by atoms with Crippen LogP contribution in [0.5, 0.6) is 0 Å². The van der Waals surface area contributed by atoms with Crippen LogP contribution in [0.25, 0.3) is 0 Å². The van der Waals surface area contributed by atoms with Gasteiger partial charge >= 0.3 is 0 Å². The molecule has 0 bridgehead atoms. The van der Waals surface area contributed by atoms with Crippen molar-refractivity contribution in [2.24, 2.45) is 0 Å². The van der Waals surface area contributed by atoms with Crippen LogP contribution in [0.1, 0.15) is 33.6 Å². The van der Waals surface area contributed by atoms with E-state index in [2.05, 4.69) is 31.0 Å². The molecule has 1 saturated heterocycles. The zero-order valence-electron chi connectivity index (χ0n) is 10.8. The second-order valence-electron chi connectivity index (χ2n) is 4.55. The Morgan fingerprint density at radius 3 is 2.69 bits per heavy atom. The molecular formula is C12H25CrN2O-. The van der Waals surface area contributed by atoms with E-state index in [1.807, 2.05) is 0 Å². The van der Waals surface area contributed by atoms with E-state index in [-0.39, 0.29) is 17.4 Å². The van der Waals surface area contributed by atoms with Gasteiger partial charge in [0.05, 0.1) is 6.61 Å². The number of ether oxygens (including phenoxy) is 1. The van der Waals surface area contributed by atoms with Gasteiger partial charge in [-0.15, -0.1) is 0 Å². The number of nitrogens with zero attached hydrogens (tertiary/aromatic N) is 1. The van der Waals surface area contributed by atoms with Gasteiger partial charge in [-0.2, -0.15) is 13.3 Å². The summed E-state index contributed by atoms with van der Waals surface area (Å²) in [6.07, 6.45) is 2.28. The van der Waals surface area contributed by atoms with Crippen LogP contribution in [0.15, 0.2) is 0 Å². The number of hydrogen-bond donors (Lipinski definition) is 1. The molecule has 1 aliphatic rings. The van der Waals surface area contributed by atoms with Crippen molar-refractivity contribution in [1.29, 1.82) is 0 Å². The first kappa shape index (κ1) is 16.4. The molecule has 0 aromatic heterocycles. The van der Waals surface area contributed by atoms with Crippen molar-refractivity contribution in [2.75, 3.05) is 32.8 Å². The van der Waals surface area contributed by atoms with Gasteiger partial charge in [-0.25, -0.2) is 0 Å². The van der Waals surface area contributed by atoms with Crippen LogP contribution >= 0.6 is 0 Å². The Balaban J connectivity index is 0.00000225. The van der Waals surface area contributed by atoms with E-state index < -0.39 is 0 Å². The summed E-state index contributed by atoms with van der Waals surface area (Å²) in [6.45, 7) is 11.7. The van der Waals surface area contributed by atoms with Crippen LogP contribution in [0.4, 0.5) is 0 Å². The summed E-state index contributed by atoms with van der Waals surface area (Å²) in [5.41, 5.74) is 0. The largest absolute Gasteiger partial charge is 0.466 e. The first-order valence-electron chi connectivity index (χ1n) is 6.08. The molecule has 16 heavy (non-hydrogen) atoms. The van der Waals surface area contributed by atoms with Crippen molar-refractivity contribution in [2.45, 2.75) is 39.7 Å². The Morgan fingerprint density at radius 2 is 2.00 bits per heavy atom. The summed E-state index contributed by atoms with van der Waals surface area (Å²) in [7, 11) is 0.